The highest BCUT2D eigenvalue weighted by Gasteiger charge is 2.43. The molecule has 1 unspecified atom stereocenters. The molecule has 1 saturated carbocycles. The first kappa shape index (κ1) is 15.8. The van der Waals surface area contributed by atoms with Gasteiger partial charge in [0.1, 0.15) is 5.54 Å². The summed E-state index contributed by atoms with van der Waals surface area (Å²) in [6.45, 7) is 4.12. The first-order valence-corrected chi connectivity index (χ1v) is 8.41. The molecule has 1 aromatic rings. The van der Waals surface area contributed by atoms with Gasteiger partial charge in [0.2, 0.25) is 0 Å². The smallest absolute Gasteiger partial charge is 0.276 e. The van der Waals surface area contributed by atoms with E-state index in [4.69, 9.17) is 0 Å². The Kier molecular flexibility index (Phi) is 4.49. The minimum absolute atomic E-state index is 0.00693. The Bertz CT molecular complexity index is 642. The van der Waals surface area contributed by atoms with E-state index in [0.717, 1.165) is 32.4 Å². The van der Waals surface area contributed by atoms with E-state index in [9.17, 15) is 10.1 Å². The fourth-order valence-electron chi connectivity index (χ4n) is 3.30. The molecule has 0 radical (unpaired) electrons. The lowest BCUT2D eigenvalue weighted by molar-refractivity contribution is -0.886. The van der Waals surface area contributed by atoms with Gasteiger partial charge >= 0.3 is 0 Å². The Morgan fingerprint density at radius 3 is 2.70 bits per heavy atom. The molecule has 0 bridgehead atoms. The van der Waals surface area contributed by atoms with Crippen LogP contribution in [0, 0.1) is 17.2 Å². The maximum absolute atomic E-state index is 12.3. The number of rotatable bonds is 5. The van der Waals surface area contributed by atoms with Crippen molar-refractivity contribution in [1.29, 1.82) is 5.26 Å². The molecule has 0 aromatic heterocycles. The summed E-state index contributed by atoms with van der Waals surface area (Å²) in [5.41, 5.74) is 1.97. The molecule has 120 valence electrons. The second-order valence-corrected chi connectivity index (χ2v) is 6.86. The van der Waals surface area contributed by atoms with Crippen molar-refractivity contribution in [1.82, 2.24) is 5.32 Å². The predicted molar refractivity (Wildman–Crippen MR) is 89.5 cm³/mol. The lowest BCUT2D eigenvalue weighted by Gasteiger charge is -2.26. The summed E-state index contributed by atoms with van der Waals surface area (Å²) in [4.78, 5) is 13.5. The highest BCUT2D eigenvalue weighted by Crippen LogP contribution is 2.39. The Morgan fingerprint density at radius 1 is 1.39 bits per heavy atom. The van der Waals surface area contributed by atoms with Crippen LogP contribution in [0.4, 0.5) is 0 Å². The van der Waals surface area contributed by atoms with Crippen molar-refractivity contribution in [2.75, 3.05) is 19.6 Å². The van der Waals surface area contributed by atoms with Crippen LogP contribution in [-0.4, -0.2) is 31.1 Å². The third-order valence-electron chi connectivity index (χ3n) is 4.97. The standard InChI is InChI=1S/C19H23N3O/c1-19(14-20,17-7-8-17)21-18(23)13-22-11-9-16(10-12-22)15-5-3-2-4-6-15/h2-6,9,17H,7-8,10-13H2,1H3,(H,21,23)/p+1/t19-/m0/s1. The number of nitrogens with zero attached hydrogens (tertiary/aromatic N) is 1. The number of quaternary nitrogens is 1. The van der Waals surface area contributed by atoms with Gasteiger partial charge in [0.25, 0.3) is 5.91 Å². The molecule has 4 heteroatoms. The van der Waals surface area contributed by atoms with Crippen molar-refractivity contribution in [3.05, 3.63) is 42.0 Å². The molecule has 2 aliphatic rings. The molecule has 2 atom stereocenters. The normalized spacial score (nSPS) is 23.3. The van der Waals surface area contributed by atoms with Crippen molar-refractivity contribution >= 4 is 11.5 Å². The van der Waals surface area contributed by atoms with Gasteiger partial charge in [-0.2, -0.15) is 5.26 Å². The highest BCUT2D eigenvalue weighted by atomic mass is 16.2. The molecule has 23 heavy (non-hydrogen) atoms. The Morgan fingerprint density at radius 2 is 2.13 bits per heavy atom. The van der Waals surface area contributed by atoms with E-state index in [2.05, 4.69) is 41.7 Å². The summed E-state index contributed by atoms with van der Waals surface area (Å²) >= 11 is 0. The SMILES string of the molecule is C[C@@](C#N)(NC(=O)C[NH+]1CC=C(c2ccccc2)CC1)C1CC1. The summed E-state index contributed by atoms with van der Waals surface area (Å²) in [6.07, 6.45) is 5.32. The first-order chi connectivity index (χ1) is 11.1. The van der Waals surface area contributed by atoms with Crippen LogP contribution < -0.4 is 10.2 Å². The average Bonchev–Trinajstić information content (AvgIpc) is 3.41. The van der Waals surface area contributed by atoms with Gasteiger partial charge in [-0.1, -0.05) is 30.3 Å². The molecule has 3 rings (SSSR count). The van der Waals surface area contributed by atoms with Gasteiger partial charge in [0.05, 0.1) is 19.2 Å². The van der Waals surface area contributed by atoms with Gasteiger partial charge in [-0.15, -0.1) is 0 Å². The minimum atomic E-state index is -0.683. The number of amides is 1. The van der Waals surface area contributed by atoms with Gasteiger partial charge < -0.3 is 10.2 Å². The number of nitrogens with one attached hydrogen (secondary N) is 2. The molecular formula is C19H24N3O+. The summed E-state index contributed by atoms with van der Waals surface area (Å²) in [5, 5.41) is 12.3. The van der Waals surface area contributed by atoms with Crippen LogP contribution in [0.2, 0.25) is 0 Å². The van der Waals surface area contributed by atoms with Crippen molar-refractivity contribution < 1.29 is 9.69 Å². The summed E-state index contributed by atoms with van der Waals surface area (Å²) in [5.74, 6) is 0.324. The molecule has 0 saturated heterocycles. The average molecular weight is 310 g/mol. The Balaban J connectivity index is 1.53. The molecule has 1 amide bonds. The zero-order valence-corrected chi connectivity index (χ0v) is 13.6. The zero-order valence-electron chi connectivity index (χ0n) is 13.6. The number of carbonyl (C=O) groups excluding carboxylic acids is 1. The first-order valence-electron chi connectivity index (χ1n) is 8.41. The summed E-state index contributed by atoms with van der Waals surface area (Å²) in [7, 11) is 0. The van der Waals surface area contributed by atoms with E-state index in [1.807, 2.05) is 13.0 Å². The van der Waals surface area contributed by atoms with E-state index in [0.29, 0.717) is 12.5 Å². The quantitative estimate of drug-likeness (QED) is 0.858. The molecule has 4 nitrogen and oxygen atoms in total. The van der Waals surface area contributed by atoms with E-state index in [-0.39, 0.29) is 5.91 Å². The highest BCUT2D eigenvalue weighted by molar-refractivity contribution is 5.78. The molecule has 1 aliphatic heterocycles. The number of hydrogen-bond donors (Lipinski definition) is 2. The number of carbonyl (C=O) groups is 1. The molecule has 2 N–H and O–H groups in total. The van der Waals surface area contributed by atoms with Gasteiger partial charge in [0.15, 0.2) is 6.54 Å². The largest absolute Gasteiger partial charge is 0.333 e. The fraction of sp³-hybridized carbons (Fsp3) is 0.474. The summed E-state index contributed by atoms with van der Waals surface area (Å²) < 4.78 is 0. The third-order valence-corrected chi connectivity index (χ3v) is 4.97. The van der Waals surface area contributed by atoms with Crippen LogP contribution >= 0.6 is 0 Å². The van der Waals surface area contributed by atoms with Crippen molar-refractivity contribution in [3.63, 3.8) is 0 Å². The third kappa shape index (κ3) is 3.80. The van der Waals surface area contributed by atoms with Gasteiger partial charge in [-0.3, -0.25) is 4.79 Å². The van der Waals surface area contributed by atoms with E-state index in [1.54, 1.807) is 0 Å². The molecular weight excluding hydrogens is 286 g/mol. The molecule has 1 heterocycles. The second-order valence-electron chi connectivity index (χ2n) is 6.86. The van der Waals surface area contributed by atoms with Crippen LogP contribution in [0.1, 0.15) is 31.7 Å². The summed E-state index contributed by atoms with van der Waals surface area (Å²) in [6, 6.07) is 12.7. The number of benzene rings is 1. The van der Waals surface area contributed by atoms with Gasteiger partial charge in [0, 0.05) is 6.42 Å². The molecule has 1 aliphatic carbocycles. The molecule has 0 spiro atoms. The van der Waals surface area contributed by atoms with E-state index < -0.39 is 5.54 Å². The van der Waals surface area contributed by atoms with Crippen molar-refractivity contribution in [2.24, 2.45) is 5.92 Å². The van der Waals surface area contributed by atoms with Crippen molar-refractivity contribution in [3.8, 4) is 6.07 Å². The van der Waals surface area contributed by atoms with Gasteiger partial charge in [-0.25, -0.2) is 0 Å². The second kappa shape index (κ2) is 6.55. The monoisotopic (exact) mass is 310 g/mol. The lowest BCUT2D eigenvalue weighted by Crippen LogP contribution is -3.13. The topological polar surface area (TPSA) is 57.3 Å². The molecule has 1 aromatic carbocycles. The van der Waals surface area contributed by atoms with Crippen LogP contribution in [0.25, 0.3) is 5.57 Å². The van der Waals surface area contributed by atoms with Crippen LogP contribution in [-0.2, 0) is 4.79 Å². The number of nitriles is 1. The molecule has 1 fully saturated rings. The van der Waals surface area contributed by atoms with Crippen LogP contribution in [0.15, 0.2) is 36.4 Å². The number of hydrogen-bond acceptors (Lipinski definition) is 2. The Labute approximate surface area is 137 Å². The predicted octanol–water partition coefficient (Wildman–Crippen LogP) is 1.17. The van der Waals surface area contributed by atoms with Crippen molar-refractivity contribution in [2.45, 2.75) is 31.7 Å². The minimum Gasteiger partial charge on any atom is -0.333 e. The maximum atomic E-state index is 12.3. The lowest BCUT2D eigenvalue weighted by atomic mass is 9.97. The van der Waals surface area contributed by atoms with Crippen LogP contribution in [0.5, 0.6) is 0 Å². The van der Waals surface area contributed by atoms with E-state index >= 15 is 0 Å². The Hall–Kier alpha value is -2.12. The fourth-order valence-corrected chi connectivity index (χ4v) is 3.30. The van der Waals surface area contributed by atoms with E-state index in [1.165, 1.54) is 16.0 Å². The van der Waals surface area contributed by atoms with Crippen LogP contribution in [0.3, 0.4) is 0 Å². The maximum Gasteiger partial charge on any atom is 0.276 e. The zero-order chi connectivity index (χ0) is 16.3. The van der Waals surface area contributed by atoms with Gasteiger partial charge in [-0.05, 0) is 42.9 Å².